The molecule has 1 aliphatic heterocycles. The summed E-state index contributed by atoms with van der Waals surface area (Å²) in [5, 5.41) is 0. The zero-order valence-corrected chi connectivity index (χ0v) is 21.7. The first-order valence-corrected chi connectivity index (χ1v) is 13.4. The number of ether oxygens (including phenoxy) is 1. The molecule has 32 heavy (non-hydrogen) atoms. The van der Waals surface area contributed by atoms with E-state index in [4.69, 9.17) is 4.74 Å². The van der Waals surface area contributed by atoms with Crippen molar-refractivity contribution in [2.24, 2.45) is 45.3 Å². The topological polar surface area (TPSA) is 26.3 Å². The van der Waals surface area contributed by atoms with Gasteiger partial charge in [0.15, 0.2) is 0 Å². The van der Waals surface area contributed by atoms with Crippen LogP contribution in [-0.2, 0) is 9.53 Å². The number of allylic oxidation sites excluding steroid dienone is 3. The molecule has 2 heteroatoms. The Morgan fingerprint density at radius 1 is 1.06 bits per heavy atom. The summed E-state index contributed by atoms with van der Waals surface area (Å²) in [4.78, 5) is 12.8. The average molecular weight is 439 g/mol. The molecule has 0 aromatic rings. The number of hydrogen-bond donors (Lipinski definition) is 0. The molecule has 0 aromatic heterocycles. The van der Waals surface area contributed by atoms with Gasteiger partial charge in [0.05, 0.1) is 12.7 Å². The normalized spacial score (nSPS) is 49.7. The monoisotopic (exact) mass is 438 g/mol. The lowest BCUT2D eigenvalue weighted by molar-refractivity contribution is -0.146. The molecule has 8 atom stereocenters. The molecular weight excluding hydrogens is 392 g/mol. The van der Waals surface area contributed by atoms with Gasteiger partial charge in [0.1, 0.15) is 5.78 Å². The SMILES string of the molecule is CC(C)=CC1C[C@@H]([C@@H]2CC[C@]3(C)C4=CC[C@H]5C(C)(C)C(=O)CC[C@]5(C)[C@H]4CC[C@@]23C)CO1. The van der Waals surface area contributed by atoms with E-state index < -0.39 is 0 Å². The van der Waals surface area contributed by atoms with Gasteiger partial charge in [-0.25, -0.2) is 0 Å². The van der Waals surface area contributed by atoms with E-state index in [1.54, 1.807) is 5.57 Å². The Balaban J connectivity index is 1.45. The van der Waals surface area contributed by atoms with Crippen LogP contribution in [0.1, 0.15) is 99.8 Å². The minimum absolute atomic E-state index is 0.171. The Morgan fingerprint density at radius 2 is 1.81 bits per heavy atom. The Kier molecular flexibility index (Phi) is 5.22. The lowest BCUT2D eigenvalue weighted by Crippen LogP contribution is -2.57. The fraction of sp³-hybridized carbons (Fsp3) is 0.833. The third-order valence-electron chi connectivity index (χ3n) is 11.8. The van der Waals surface area contributed by atoms with Crippen LogP contribution in [0.2, 0.25) is 0 Å². The molecule has 0 N–H and O–H groups in total. The second-order valence-corrected chi connectivity index (χ2v) is 13.7. The van der Waals surface area contributed by atoms with Gasteiger partial charge < -0.3 is 4.74 Å². The standard InChI is InChI=1S/C30H46O2/c1-19(2)16-21-17-20(18-32-21)22-10-14-30(7)24-8-9-25-27(3,4)26(31)12-13-28(25,5)23(24)11-15-29(22,30)6/h8,16,20-23,25H,9-15,17-18H2,1-7H3/t20-,21?,22+,23+,25+,28-,29+,30-/m1/s1. The second kappa shape index (κ2) is 7.30. The minimum Gasteiger partial charge on any atom is -0.374 e. The highest BCUT2D eigenvalue weighted by molar-refractivity contribution is 5.85. The molecule has 1 saturated heterocycles. The van der Waals surface area contributed by atoms with Crippen LogP contribution >= 0.6 is 0 Å². The number of ketones is 1. The van der Waals surface area contributed by atoms with Gasteiger partial charge >= 0.3 is 0 Å². The number of carbonyl (C=O) groups is 1. The molecule has 5 rings (SSSR count). The summed E-state index contributed by atoms with van der Waals surface area (Å²) in [6.45, 7) is 17.6. The summed E-state index contributed by atoms with van der Waals surface area (Å²) in [5.74, 6) is 3.15. The molecule has 3 saturated carbocycles. The molecule has 0 bridgehead atoms. The predicted molar refractivity (Wildman–Crippen MR) is 131 cm³/mol. The first-order chi connectivity index (χ1) is 14.9. The fourth-order valence-electron chi connectivity index (χ4n) is 9.76. The van der Waals surface area contributed by atoms with Gasteiger partial charge in [-0.1, -0.05) is 57.9 Å². The van der Waals surface area contributed by atoms with Crippen molar-refractivity contribution in [3.8, 4) is 0 Å². The fourth-order valence-corrected chi connectivity index (χ4v) is 9.76. The van der Waals surface area contributed by atoms with E-state index in [1.807, 2.05) is 0 Å². The Bertz CT molecular complexity index is 860. The van der Waals surface area contributed by atoms with Gasteiger partial charge in [-0.2, -0.15) is 0 Å². The van der Waals surface area contributed by atoms with Gasteiger partial charge in [-0.3, -0.25) is 4.79 Å². The molecule has 4 fully saturated rings. The highest BCUT2D eigenvalue weighted by Crippen LogP contribution is 2.73. The largest absolute Gasteiger partial charge is 0.374 e. The second-order valence-electron chi connectivity index (χ2n) is 13.7. The maximum Gasteiger partial charge on any atom is 0.138 e. The number of Topliss-reactive ketones (excluding diaryl/α,β-unsaturated/α-hetero) is 1. The van der Waals surface area contributed by atoms with E-state index in [-0.39, 0.29) is 10.8 Å². The van der Waals surface area contributed by atoms with Gasteiger partial charge in [-0.15, -0.1) is 0 Å². The van der Waals surface area contributed by atoms with E-state index in [0.717, 1.165) is 31.8 Å². The first-order valence-electron chi connectivity index (χ1n) is 13.4. The Hall–Kier alpha value is -0.890. The zero-order chi connectivity index (χ0) is 23.1. The summed E-state index contributed by atoms with van der Waals surface area (Å²) in [6, 6.07) is 0. The molecule has 5 aliphatic rings. The molecular formula is C30H46O2. The third kappa shape index (κ3) is 2.96. The van der Waals surface area contributed by atoms with Crippen molar-refractivity contribution < 1.29 is 9.53 Å². The molecule has 4 aliphatic carbocycles. The van der Waals surface area contributed by atoms with Crippen molar-refractivity contribution >= 4 is 5.78 Å². The van der Waals surface area contributed by atoms with Crippen molar-refractivity contribution in [1.29, 1.82) is 0 Å². The van der Waals surface area contributed by atoms with Crippen LogP contribution in [-0.4, -0.2) is 18.5 Å². The van der Waals surface area contributed by atoms with E-state index in [1.165, 1.54) is 37.7 Å². The average Bonchev–Trinajstić information content (AvgIpc) is 3.26. The van der Waals surface area contributed by atoms with Crippen LogP contribution in [0, 0.1) is 45.3 Å². The molecule has 2 nitrogen and oxygen atoms in total. The van der Waals surface area contributed by atoms with Crippen LogP contribution in [0.5, 0.6) is 0 Å². The molecule has 0 aromatic carbocycles. The summed E-state index contributed by atoms with van der Waals surface area (Å²) >= 11 is 0. The van der Waals surface area contributed by atoms with Crippen LogP contribution in [0.3, 0.4) is 0 Å². The van der Waals surface area contributed by atoms with Crippen molar-refractivity contribution in [2.75, 3.05) is 6.61 Å². The van der Waals surface area contributed by atoms with Crippen LogP contribution < -0.4 is 0 Å². The molecule has 1 unspecified atom stereocenters. The van der Waals surface area contributed by atoms with E-state index in [0.29, 0.717) is 40.5 Å². The van der Waals surface area contributed by atoms with Gasteiger partial charge in [0.25, 0.3) is 0 Å². The molecule has 1 heterocycles. The lowest BCUT2D eigenvalue weighted by Gasteiger charge is -2.63. The molecule has 0 spiro atoms. The van der Waals surface area contributed by atoms with Crippen molar-refractivity contribution in [3.63, 3.8) is 0 Å². The summed E-state index contributed by atoms with van der Waals surface area (Å²) in [5.41, 5.74) is 3.98. The van der Waals surface area contributed by atoms with Crippen LogP contribution in [0.15, 0.2) is 23.3 Å². The smallest absolute Gasteiger partial charge is 0.138 e. The van der Waals surface area contributed by atoms with Crippen molar-refractivity contribution in [2.45, 2.75) is 106 Å². The Labute approximate surface area is 196 Å². The van der Waals surface area contributed by atoms with Crippen LogP contribution in [0.25, 0.3) is 0 Å². The highest BCUT2D eigenvalue weighted by Gasteiger charge is 2.65. The summed E-state index contributed by atoms with van der Waals surface area (Å²) < 4.78 is 6.25. The Morgan fingerprint density at radius 3 is 2.53 bits per heavy atom. The van der Waals surface area contributed by atoms with Crippen molar-refractivity contribution in [3.05, 3.63) is 23.3 Å². The first kappa shape index (κ1) is 22.9. The number of carbonyl (C=O) groups excluding carboxylic acids is 1. The lowest BCUT2D eigenvalue weighted by atomic mass is 9.41. The third-order valence-corrected chi connectivity index (χ3v) is 11.8. The number of rotatable bonds is 2. The quantitative estimate of drug-likeness (QED) is 0.416. The summed E-state index contributed by atoms with van der Waals surface area (Å²) in [6.07, 6.45) is 14.9. The van der Waals surface area contributed by atoms with Gasteiger partial charge in [0, 0.05) is 11.8 Å². The predicted octanol–water partition coefficient (Wildman–Crippen LogP) is 7.53. The minimum atomic E-state index is -0.171. The van der Waals surface area contributed by atoms with E-state index >= 15 is 0 Å². The highest BCUT2D eigenvalue weighted by atomic mass is 16.5. The molecule has 0 radical (unpaired) electrons. The van der Waals surface area contributed by atoms with Gasteiger partial charge in [-0.05, 0) is 98.7 Å². The number of fused-ring (bicyclic) bond motifs is 5. The van der Waals surface area contributed by atoms with Crippen LogP contribution in [0.4, 0.5) is 0 Å². The molecule has 0 amide bonds. The zero-order valence-electron chi connectivity index (χ0n) is 21.7. The maximum atomic E-state index is 12.8. The van der Waals surface area contributed by atoms with E-state index in [2.05, 4.69) is 60.6 Å². The van der Waals surface area contributed by atoms with E-state index in [9.17, 15) is 4.79 Å². The van der Waals surface area contributed by atoms with Crippen molar-refractivity contribution in [1.82, 2.24) is 0 Å². The molecule has 178 valence electrons. The summed E-state index contributed by atoms with van der Waals surface area (Å²) in [7, 11) is 0. The maximum absolute atomic E-state index is 12.8. The van der Waals surface area contributed by atoms with Gasteiger partial charge in [0.2, 0.25) is 0 Å². The number of hydrogen-bond acceptors (Lipinski definition) is 2.